The van der Waals surface area contributed by atoms with Crippen LogP contribution in [0.15, 0.2) is 12.2 Å². The van der Waals surface area contributed by atoms with E-state index >= 15 is 0 Å². The summed E-state index contributed by atoms with van der Waals surface area (Å²) in [5.74, 6) is -0.953. The number of ether oxygens (including phenoxy) is 1. The second-order valence-electron chi connectivity index (χ2n) is 3.76. The van der Waals surface area contributed by atoms with E-state index in [2.05, 4.69) is 19.2 Å². The zero-order valence-electron chi connectivity index (χ0n) is 9.73. The van der Waals surface area contributed by atoms with E-state index in [1.54, 1.807) is 0 Å². The summed E-state index contributed by atoms with van der Waals surface area (Å²) in [5.41, 5.74) is 0. The SMILES string of the molecule is CC(C)CCOCCNC(=O)C=CC(=O)O. The summed E-state index contributed by atoms with van der Waals surface area (Å²) < 4.78 is 5.27. The van der Waals surface area contributed by atoms with Crippen molar-refractivity contribution in [2.75, 3.05) is 19.8 Å². The third-order valence-electron chi connectivity index (χ3n) is 1.76. The number of aliphatic carboxylic acids is 1. The lowest BCUT2D eigenvalue weighted by atomic mass is 10.1. The fourth-order valence-corrected chi connectivity index (χ4v) is 0.873. The van der Waals surface area contributed by atoms with Crippen LogP contribution in [0.25, 0.3) is 0 Å². The summed E-state index contributed by atoms with van der Waals surface area (Å²) in [6, 6.07) is 0. The van der Waals surface area contributed by atoms with Gasteiger partial charge in [-0.15, -0.1) is 0 Å². The van der Waals surface area contributed by atoms with E-state index in [0.717, 1.165) is 18.6 Å². The van der Waals surface area contributed by atoms with Crippen molar-refractivity contribution in [1.82, 2.24) is 5.32 Å². The first-order valence-electron chi connectivity index (χ1n) is 5.29. The van der Waals surface area contributed by atoms with Gasteiger partial charge < -0.3 is 15.2 Å². The van der Waals surface area contributed by atoms with Crippen LogP contribution in [0.3, 0.4) is 0 Å². The largest absolute Gasteiger partial charge is 0.478 e. The summed E-state index contributed by atoms with van der Waals surface area (Å²) >= 11 is 0. The van der Waals surface area contributed by atoms with Gasteiger partial charge in [-0.25, -0.2) is 4.79 Å². The molecule has 5 nitrogen and oxygen atoms in total. The number of nitrogens with one attached hydrogen (secondary N) is 1. The van der Waals surface area contributed by atoms with Crippen molar-refractivity contribution in [3.8, 4) is 0 Å². The zero-order chi connectivity index (χ0) is 12.4. The van der Waals surface area contributed by atoms with Crippen molar-refractivity contribution in [3.63, 3.8) is 0 Å². The van der Waals surface area contributed by atoms with Gasteiger partial charge in [-0.1, -0.05) is 13.8 Å². The molecule has 0 radical (unpaired) electrons. The van der Waals surface area contributed by atoms with Crippen molar-refractivity contribution in [1.29, 1.82) is 0 Å². The Hall–Kier alpha value is -1.36. The molecule has 0 unspecified atom stereocenters. The van der Waals surface area contributed by atoms with Crippen LogP contribution in [0.4, 0.5) is 0 Å². The molecule has 0 bridgehead atoms. The molecule has 0 aliphatic carbocycles. The van der Waals surface area contributed by atoms with Gasteiger partial charge in [0.1, 0.15) is 0 Å². The highest BCUT2D eigenvalue weighted by Crippen LogP contribution is 1.98. The third kappa shape index (κ3) is 10.7. The van der Waals surface area contributed by atoms with Crippen LogP contribution in [0.2, 0.25) is 0 Å². The van der Waals surface area contributed by atoms with E-state index in [4.69, 9.17) is 9.84 Å². The van der Waals surface area contributed by atoms with E-state index in [1.165, 1.54) is 0 Å². The molecular formula is C11H19NO4. The lowest BCUT2D eigenvalue weighted by Gasteiger charge is -2.06. The van der Waals surface area contributed by atoms with Crippen molar-refractivity contribution in [3.05, 3.63) is 12.2 Å². The number of carbonyl (C=O) groups is 2. The Morgan fingerprint density at radius 3 is 2.56 bits per heavy atom. The molecule has 0 aromatic carbocycles. The fourth-order valence-electron chi connectivity index (χ4n) is 0.873. The number of carboxylic acids is 1. The van der Waals surface area contributed by atoms with Crippen LogP contribution in [0, 0.1) is 5.92 Å². The average molecular weight is 229 g/mol. The summed E-state index contributed by atoms with van der Waals surface area (Å²) in [4.78, 5) is 21.1. The van der Waals surface area contributed by atoms with Crippen molar-refractivity contribution >= 4 is 11.9 Å². The Bertz CT molecular complexity index is 248. The van der Waals surface area contributed by atoms with Gasteiger partial charge in [-0.05, 0) is 12.3 Å². The molecule has 16 heavy (non-hydrogen) atoms. The average Bonchev–Trinajstić information content (AvgIpc) is 2.19. The maximum Gasteiger partial charge on any atom is 0.328 e. The van der Waals surface area contributed by atoms with Crippen LogP contribution in [0.5, 0.6) is 0 Å². The van der Waals surface area contributed by atoms with Crippen LogP contribution in [-0.4, -0.2) is 36.7 Å². The van der Waals surface area contributed by atoms with Gasteiger partial charge in [-0.2, -0.15) is 0 Å². The molecule has 0 saturated heterocycles. The minimum absolute atomic E-state index is 0.390. The first-order valence-corrected chi connectivity index (χ1v) is 5.29. The van der Waals surface area contributed by atoms with Crippen molar-refractivity contribution in [2.24, 2.45) is 5.92 Å². The normalized spacial score (nSPS) is 10.9. The van der Waals surface area contributed by atoms with E-state index in [1.807, 2.05) is 0 Å². The lowest BCUT2D eigenvalue weighted by Crippen LogP contribution is -2.25. The molecule has 0 spiro atoms. The summed E-state index contributed by atoms with van der Waals surface area (Å²) in [6.07, 6.45) is 2.78. The maximum absolute atomic E-state index is 11.0. The highest BCUT2D eigenvalue weighted by Gasteiger charge is 1.97. The topological polar surface area (TPSA) is 75.6 Å². The van der Waals surface area contributed by atoms with Crippen LogP contribution in [0.1, 0.15) is 20.3 Å². The molecule has 0 fully saturated rings. The molecular weight excluding hydrogens is 210 g/mol. The summed E-state index contributed by atoms with van der Waals surface area (Å²) in [7, 11) is 0. The monoisotopic (exact) mass is 229 g/mol. The van der Waals surface area contributed by atoms with Gasteiger partial charge >= 0.3 is 5.97 Å². The number of carbonyl (C=O) groups excluding carboxylic acids is 1. The van der Waals surface area contributed by atoms with E-state index in [0.29, 0.717) is 25.7 Å². The van der Waals surface area contributed by atoms with E-state index in [9.17, 15) is 9.59 Å². The Morgan fingerprint density at radius 2 is 2.00 bits per heavy atom. The van der Waals surface area contributed by atoms with Gasteiger partial charge in [0.2, 0.25) is 5.91 Å². The highest BCUT2D eigenvalue weighted by molar-refractivity contribution is 5.93. The molecule has 0 aromatic heterocycles. The predicted octanol–water partition coefficient (Wildman–Crippen LogP) is 0.806. The van der Waals surface area contributed by atoms with Crippen LogP contribution >= 0.6 is 0 Å². The van der Waals surface area contributed by atoms with Crippen LogP contribution < -0.4 is 5.32 Å². The number of amides is 1. The van der Waals surface area contributed by atoms with Gasteiger partial charge in [0.25, 0.3) is 0 Å². The zero-order valence-corrected chi connectivity index (χ0v) is 9.73. The standard InChI is InChI=1S/C11H19NO4/c1-9(2)5-7-16-8-6-12-10(13)3-4-11(14)15/h3-4,9H,5-8H2,1-2H3,(H,12,13)(H,14,15). The minimum atomic E-state index is -1.14. The highest BCUT2D eigenvalue weighted by atomic mass is 16.5. The smallest absolute Gasteiger partial charge is 0.328 e. The summed E-state index contributed by atoms with van der Waals surface area (Å²) in [6.45, 7) is 5.74. The minimum Gasteiger partial charge on any atom is -0.478 e. The summed E-state index contributed by atoms with van der Waals surface area (Å²) in [5, 5.41) is 10.8. The van der Waals surface area contributed by atoms with Crippen molar-refractivity contribution in [2.45, 2.75) is 20.3 Å². The maximum atomic E-state index is 11.0. The van der Waals surface area contributed by atoms with Crippen LogP contribution in [-0.2, 0) is 14.3 Å². The van der Waals surface area contributed by atoms with Gasteiger partial charge in [0.05, 0.1) is 6.61 Å². The molecule has 0 aromatic rings. The number of carboxylic acid groups (broad SMARTS) is 1. The van der Waals surface area contributed by atoms with Gasteiger partial charge in [-0.3, -0.25) is 4.79 Å². The number of hydrogen-bond donors (Lipinski definition) is 2. The Morgan fingerprint density at radius 1 is 1.31 bits per heavy atom. The Labute approximate surface area is 95.5 Å². The first kappa shape index (κ1) is 14.6. The quantitative estimate of drug-likeness (QED) is 0.477. The second-order valence-corrected chi connectivity index (χ2v) is 3.76. The predicted molar refractivity (Wildman–Crippen MR) is 60.1 cm³/mol. The van der Waals surface area contributed by atoms with Crippen molar-refractivity contribution < 1.29 is 19.4 Å². The van der Waals surface area contributed by atoms with E-state index < -0.39 is 11.9 Å². The molecule has 0 heterocycles. The molecule has 1 amide bonds. The molecule has 2 N–H and O–H groups in total. The van der Waals surface area contributed by atoms with E-state index in [-0.39, 0.29) is 0 Å². The third-order valence-corrected chi connectivity index (χ3v) is 1.76. The molecule has 0 atom stereocenters. The molecule has 5 heteroatoms. The fraction of sp³-hybridized carbons (Fsp3) is 0.636. The molecule has 92 valence electrons. The first-order chi connectivity index (χ1) is 7.52. The number of hydrogen-bond acceptors (Lipinski definition) is 3. The lowest BCUT2D eigenvalue weighted by molar-refractivity contribution is -0.131. The van der Waals surface area contributed by atoms with Gasteiger partial charge in [0, 0.05) is 25.3 Å². The number of rotatable bonds is 8. The molecule has 0 aliphatic heterocycles. The molecule has 0 aliphatic rings. The Balaban J connectivity index is 3.38. The van der Waals surface area contributed by atoms with Gasteiger partial charge in [0.15, 0.2) is 0 Å². The molecule has 0 rings (SSSR count). The molecule has 0 saturated carbocycles. The second kappa shape index (κ2) is 8.91. The Kier molecular flexibility index (Phi) is 8.15.